The summed E-state index contributed by atoms with van der Waals surface area (Å²) in [7, 11) is 0. The second-order valence-corrected chi connectivity index (χ2v) is 6.94. The van der Waals surface area contributed by atoms with Crippen molar-refractivity contribution in [3.8, 4) is 17.2 Å². The average Bonchev–Trinajstić information content (AvgIpc) is 3.36. The van der Waals surface area contributed by atoms with E-state index in [0.717, 1.165) is 24.2 Å². The molecule has 1 aliphatic rings. The van der Waals surface area contributed by atoms with Crippen molar-refractivity contribution in [2.45, 2.75) is 25.8 Å². The van der Waals surface area contributed by atoms with Crippen molar-refractivity contribution in [1.29, 1.82) is 0 Å². The Labute approximate surface area is 168 Å². The second-order valence-electron chi connectivity index (χ2n) is 6.94. The number of likely N-dealkylation sites (tertiary alicyclic amines) is 1. The first kappa shape index (κ1) is 19.0. The summed E-state index contributed by atoms with van der Waals surface area (Å²) in [5.41, 5.74) is 1.58. The Morgan fingerprint density at radius 3 is 2.62 bits per heavy atom. The molecule has 3 aromatic rings. The summed E-state index contributed by atoms with van der Waals surface area (Å²) in [5.74, 6) is -0.0871. The standard InChI is InChI=1S/C22H22FN3O3/c1-2-29-18-11-5-15(6-12-18)19-4-3-13-25(19)22(28)21-20(27)14-26(24-21)17-9-7-16(23)8-10-17/h5-12,14,19,27H,2-4,13H2,1H3/t19-/m1/s1. The summed E-state index contributed by atoms with van der Waals surface area (Å²) in [5, 5.41) is 14.6. The Morgan fingerprint density at radius 1 is 1.21 bits per heavy atom. The summed E-state index contributed by atoms with van der Waals surface area (Å²) in [4.78, 5) is 14.9. The molecule has 0 bridgehead atoms. The lowest BCUT2D eigenvalue weighted by Gasteiger charge is -2.24. The third kappa shape index (κ3) is 3.81. The SMILES string of the molecule is CCOc1ccc([C@H]2CCCN2C(=O)c2nn(-c3ccc(F)cc3)cc2O)cc1. The largest absolute Gasteiger partial charge is 0.504 e. The number of benzene rings is 2. The van der Waals surface area contributed by atoms with Crippen molar-refractivity contribution < 1.29 is 19.0 Å². The van der Waals surface area contributed by atoms with E-state index in [-0.39, 0.29) is 29.2 Å². The van der Waals surface area contributed by atoms with Crippen LogP contribution >= 0.6 is 0 Å². The minimum absolute atomic E-state index is 0.00726. The van der Waals surface area contributed by atoms with Gasteiger partial charge in [0.1, 0.15) is 11.6 Å². The molecule has 2 heterocycles. The number of rotatable bonds is 5. The van der Waals surface area contributed by atoms with Crippen LogP contribution in [0.2, 0.25) is 0 Å². The van der Waals surface area contributed by atoms with E-state index in [1.807, 2.05) is 31.2 Å². The van der Waals surface area contributed by atoms with E-state index in [1.165, 1.54) is 35.1 Å². The average molecular weight is 395 g/mol. The number of halogens is 1. The zero-order valence-electron chi connectivity index (χ0n) is 16.1. The highest BCUT2D eigenvalue weighted by Gasteiger charge is 2.33. The highest BCUT2D eigenvalue weighted by Crippen LogP contribution is 2.35. The molecule has 0 saturated carbocycles. The summed E-state index contributed by atoms with van der Waals surface area (Å²) in [6, 6.07) is 13.4. The fourth-order valence-corrected chi connectivity index (χ4v) is 3.69. The molecular formula is C22H22FN3O3. The smallest absolute Gasteiger partial charge is 0.278 e. The quantitative estimate of drug-likeness (QED) is 0.707. The van der Waals surface area contributed by atoms with Gasteiger partial charge in [0, 0.05) is 6.54 Å². The third-order valence-corrected chi connectivity index (χ3v) is 5.08. The van der Waals surface area contributed by atoms with Gasteiger partial charge >= 0.3 is 0 Å². The van der Waals surface area contributed by atoms with Crippen molar-refractivity contribution in [2.75, 3.05) is 13.2 Å². The predicted octanol–water partition coefficient (Wildman–Crippen LogP) is 4.09. The molecule has 2 aromatic carbocycles. The molecule has 0 unspecified atom stereocenters. The van der Waals surface area contributed by atoms with Crippen LogP contribution in [0.4, 0.5) is 4.39 Å². The molecule has 0 radical (unpaired) electrons. The number of hydrogen-bond donors (Lipinski definition) is 1. The maximum absolute atomic E-state index is 13.1. The van der Waals surface area contributed by atoms with Gasteiger partial charge in [0.2, 0.25) is 0 Å². The monoisotopic (exact) mass is 395 g/mol. The highest BCUT2D eigenvalue weighted by atomic mass is 19.1. The molecule has 1 saturated heterocycles. The molecule has 0 spiro atoms. The van der Waals surface area contributed by atoms with Crippen LogP contribution in [0.25, 0.3) is 5.69 Å². The van der Waals surface area contributed by atoms with E-state index in [9.17, 15) is 14.3 Å². The van der Waals surface area contributed by atoms with Crippen molar-refractivity contribution in [2.24, 2.45) is 0 Å². The number of amides is 1. The van der Waals surface area contributed by atoms with Gasteiger partial charge in [0.05, 0.1) is 24.5 Å². The minimum Gasteiger partial charge on any atom is -0.504 e. The summed E-state index contributed by atoms with van der Waals surface area (Å²) in [6.45, 7) is 3.13. The molecule has 1 amide bonds. The van der Waals surface area contributed by atoms with Gasteiger partial charge < -0.3 is 14.7 Å². The molecule has 6 nitrogen and oxygen atoms in total. The van der Waals surface area contributed by atoms with E-state index in [2.05, 4.69) is 5.10 Å². The van der Waals surface area contributed by atoms with Crippen LogP contribution in [0.1, 0.15) is 41.9 Å². The molecule has 0 aliphatic carbocycles. The van der Waals surface area contributed by atoms with Gasteiger partial charge in [-0.05, 0) is 61.7 Å². The van der Waals surface area contributed by atoms with Crippen molar-refractivity contribution in [1.82, 2.24) is 14.7 Å². The Hall–Kier alpha value is -3.35. The normalized spacial score (nSPS) is 16.2. The van der Waals surface area contributed by atoms with Gasteiger partial charge in [-0.2, -0.15) is 5.10 Å². The molecule has 150 valence electrons. The highest BCUT2D eigenvalue weighted by molar-refractivity contribution is 5.95. The predicted molar refractivity (Wildman–Crippen MR) is 106 cm³/mol. The number of ether oxygens (including phenoxy) is 1. The zero-order valence-corrected chi connectivity index (χ0v) is 16.1. The lowest BCUT2D eigenvalue weighted by molar-refractivity contribution is 0.0726. The van der Waals surface area contributed by atoms with E-state index in [4.69, 9.17) is 4.74 Å². The Kier molecular flexibility index (Phi) is 5.20. The maximum atomic E-state index is 13.1. The van der Waals surface area contributed by atoms with E-state index in [0.29, 0.717) is 18.8 Å². The van der Waals surface area contributed by atoms with Crippen LogP contribution in [0.5, 0.6) is 11.5 Å². The van der Waals surface area contributed by atoms with Gasteiger partial charge in [-0.15, -0.1) is 0 Å². The number of aromatic hydroxyl groups is 1. The molecule has 1 aliphatic heterocycles. The van der Waals surface area contributed by atoms with Crippen LogP contribution in [0, 0.1) is 5.82 Å². The van der Waals surface area contributed by atoms with Gasteiger partial charge in [0.15, 0.2) is 11.4 Å². The number of nitrogens with zero attached hydrogens (tertiary/aromatic N) is 3. The molecular weight excluding hydrogens is 373 g/mol. The van der Waals surface area contributed by atoms with Crippen molar-refractivity contribution >= 4 is 5.91 Å². The number of hydrogen-bond acceptors (Lipinski definition) is 4. The molecule has 1 aromatic heterocycles. The first-order chi connectivity index (χ1) is 14.1. The third-order valence-electron chi connectivity index (χ3n) is 5.08. The molecule has 29 heavy (non-hydrogen) atoms. The molecule has 1 atom stereocenters. The van der Waals surface area contributed by atoms with Crippen LogP contribution < -0.4 is 4.74 Å². The second kappa shape index (κ2) is 7.95. The molecule has 1 N–H and O–H groups in total. The summed E-state index contributed by atoms with van der Waals surface area (Å²) < 4.78 is 20.0. The van der Waals surface area contributed by atoms with Gasteiger partial charge in [-0.3, -0.25) is 4.79 Å². The van der Waals surface area contributed by atoms with Crippen LogP contribution in [-0.2, 0) is 0 Å². The van der Waals surface area contributed by atoms with Gasteiger partial charge in [-0.1, -0.05) is 12.1 Å². The van der Waals surface area contributed by atoms with Crippen molar-refractivity contribution in [3.63, 3.8) is 0 Å². The first-order valence-corrected chi connectivity index (χ1v) is 9.65. The lowest BCUT2D eigenvalue weighted by atomic mass is 10.0. The maximum Gasteiger partial charge on any atom is 0.278 e. The van der Waals surface area contributed by atoms with E-state index < -0.39 is 0 Å². The van der Waals surface area contributed by atoms with Gasteiger partial charge in [0.25, 0.3) is 5.91 Å². The Morgan fingerprint density at radius 2 is 1.93 bits per heavy atom. The van der Waals surface area contributed by atoms with Gasteiger partial charge in [-0.25, -0.2) is 9.07 Å². The Bertz CT molecular complexity index is 999. The number of carbonyl (C=O) groups is 1. The topological polar surface area (TPSA) is 67.6 Å². The zero-order chi connectivity index (χ0) is 20.4. The fraction of sp³-hybridized carbons (Fsp3) is 0.273. The minimum atomic E-state index is -0.364. The Balaban J connectivity index is 1.57. The van der Waals surface area contributed by atoms with Crippen LogP contribution in [0.15, 0.2) is 54.7 Å². The summed E-state index contributed by atoms with van der Waals surface area (Å²) >= 11 is 0. The number of aromatic nitrogens is 2. The number of carbonyl (C=O) groups excluding carboxylic acids is 1. The van der Waals surface area contributed by atoms with Crippen molar-refractivity contribution in [3.05, 3.63) is 71.8 Å². The fourth-order valence-electron chi connectivity index (χ4n) is 3.69. The van der Waals surface area contributed by atoms with E-state index in [1.54, 1.807) is 4.90 Å². The van der Waals surface area contributed by atoms with Crippen LogP contribution in [0.3, 0.4) is 0 Å². The summed E-state index contributed by atoms with van der Waals surface area (Å²) in [6.07, 6.45) is 3.09. The molecule has 4 rings (SSSR count). The molecule has 7 heteroatoms. The molecule has 1 fully saturated rings. The lowest BCUT2D eigenvalue weighted by Crippen LogP contribution is -2.31. The first-order valence-electron chi connectivity index (χ1n) is 9.65. The van der Waals surface area contributed by atoms with E-state index >= 15 is 0 Å². The van der Waals surface area contributed by atoms with Crippen LogP contribution in [-0.4, -0.2) is 38.8 Å².